The van der Waals surface area contributed by atoms with Crippen molar-refractivity contribution in [3.05, 3.63) is 59.3 Å². The Morgan fingerprint density at radius 3 is 2.96 bits per heavy atom. The van der Waals surface area contributed by atoms with Crippen molar-refractivity contribution in [2.24, 2.45) is 0 Å². The molecule has 8 heteroatoms. The first-order valence-electron chi connectivity index (χ1n) is 8.87. The number of carbonyl (C=O) groups excluding carboxylic acids is 1. The first-order chi connectivity index (χ1) is 13.2. The largest absolute Gasteiger partial charge is 0.471 e. The van der Waals surface area contributed by atoms with Crippen LogP contribution >= 0.6 is 0 Å². The highest BCUT2D eigenvalue weighted by molar-refractivity contribution is 5.77. The molecule has 4 rings (SSSR count). The summed E-state index contributed by atoms with van der Waals surface area (Å²) in [6.07, 6.45) is 4.00. The van der Waals surface area contributed by atoms with Crippen molar-refractivity contribution >= 4 is 16.8 Å². The van der Waals surface area contributed by atoms with Gasteiger partial charge in [0.25, 0.3) is 5.56 Å². The standard InChI is InChI=1S/C19H19N5O3/c25-18(23-10-7-14(12-23)27-17-6-3-9-21-22-17)8-11-24-13-20-16-5-2-1-4-15(16)19(24)26/h1-6,9,13-14H,7-8,10-12H2. The number of aryl methyl sites for hydroxylation is 1. The highest BCUT2D eigenvalue weighted by Gasteiger charge is 2.27. The number of nitrogens with zero attached hydrogens (tertiary/aromatic N) is 5. The Kier molecular flexibility index (Phi) is 4.78. The lowest BCUT2D eigenvalue weighted by Gasteiger charge is -2.17. The van der Waals surface area contributed by atoms with Gasteiger partial charge in [0, 0.05) is 38.2 Å². The van der Waals surface area contributed by atoms with E-state index in [-0.39, 0.29) is 24.0 Å². The summed E-state index contributed by atoms with van der Waals surface area (Å²) in [4.78, 5) is 31.0. The quantitative estimate of drug-likeness (QED) is 0.676. The summed E-state index contributed by atoms with van der Waals surface area (Å²) in [7, 11) is 0. The van der Waals surface area contributed by atoms with Gasteiger partial charge in [-0.25, -0.2) is 4.98 Å². The van der Waals surface area contributed by atoms with E-state index in [0.717, 1.165) is 6.42 Å². The molecule has 1 aromatic carbocycles. The Bertz CT molecular complexity index is 1000. The summed E-state index contributed by atoms with van der Waals surface area (Å²) in [5.41, 5.74) is 0.535. The number of rotatable bonds is 5. The fourth-order valence-corrected chi connectivity index (χ4v) is 3.21. The molecule has 0 N–H and O–H groups in total. The fourth-order valence-electron chi connectivity index (χ4n) is 3.21. The summed E-state index contributed by atoms with van der Waals surface area (Å²) < 4.78 is 7.24. The minimum atomic E-state index is -0.126. The third kappa shape index (κ3) is 3.79. The lowest BCUT2D eigenvalue weighted by Crippen LogP contribution is -2.32. The molecule has 1 atom stereocenters. The maximum atomic E-state index is 12.5. The SMILES string of the molecule is O=C(CCn1cnc2ccccc2c1=O)N1CCC(Oc2cccnn2)C1. The van der Waals surface area contributed by atoms with Gasteiger partial charge in [-0.2, -0.15) is 5.10 Å². The zero-order valence-corrected chi connectivity index (χ0v) is 14.7. The van der Waals surface area contributed by atoms with Crippen molar-refractivity contribution in [3.8, 4) is 5.88 Å². The predicted molar refractivity (Wildman–Crippen MR) is 98.3 cm³/mol. The number of amides is 1. The van der Waals surface area contributed by atoms with Crippen LogP contribution in [0.3, 0.4) is 0 Å². The Labute approximate surface area is 155 Å². The fraction of sp³-hybridized carbons (Fsp3) is 0.316. The van der Waals surface area contributed by atoms with Crippen molar-refractivity contribution in [2.75, 3.05) is 13.1 Å². The van der Waals surface area contributed by atoms with Gasteiger partial charge in [0.05, 0.1) is 23.8 Å². The van der Waals surface area contributed by atoms with Crippen molar-refractivity contribution in [3.63, 3.8) is 0 Å². The Balaban J connectivity index is 1.35. The number of hydrogen-bond donors (Lipinski definition) is 0. The number of ether oxygens (including phenoxy) is 1. The van der Waals surface area contributed by atoms with Crippen LogP contribution in [0.15, 0.2) is 53.7 Å². The second-order valence-electron chi connectivity index (χ2n) is 6.44. The van der Waals surface area contributed by atoms with Crippen LogP contribution in [-0.4, -0.2) is 49.7 Å². The molecule has 0 radical (unpaired) electrons. The number of carbonyl (C=O) groups is 1. The molecule has 3 heterocycles. The lowest BCUT2D eigenvalue weighted by molar-refractivity contribution is -0.130. The highest BCUT2D eigenvalue weighted by Crippen LogP contribution is 2.16. The van der Waals surface area contributed by atoms with Crippen LogP contribution in [0.25, 0.3) is 10.9 Å². The van der Waals surface area contributed by atoms with Crippen molar-refractivity contribution in [1.82, 2.24) is 24.6 Å². The van der Waals surface area contributed by atoms with Crippen LogP contribution in [0.5, 0.6) is 5.88 Å². The molecule has 0 aliphatic carbocycles. The predicted octanol–water partition coefficient (Wildman–Crippen LogP) is 1.26. The molecule has 27 heavy (non-hydrogen) atoms. The van der Waals surface area contributed by atoms with Gasteiger partial charge >= 0.3 is 0 Å². The third-order valence-electron chi connectivity index (χ3n) is 4.63. The topological polar surface area (TPSA) is 90.2 Å². The van der Waals surface area contributed by atoms with Crippen LogP contribution in [0.4, 0.5) is 0 Å². The maximum absolute atomic E-state index is 12.5. The zero-order valence-electron chi connectivity index (χ0n) is 14.7. The van der Waals surface area contributed by atoms with E-state index >= 15 is 0 Å². The van der Waals surface area contributed by atoms with Gasteiger partial charge < -0.3 is 9.64 Å². The first kappa shape index (κ1) is 17.1. The van der Waals surface area contributed by atoms with Crippen molar-refractivity contribution in [1.29, 1.82) is 0 Å². The molecule has 1 fully saturated rings. The molecule has 2 aromatic heterocycles. The molecule has 0 spiro atoms. The third-order valence-corrected chi connectivity index (χ3v) is 4.63. The number of hydrogen-bond acceptors (Lipinski definition) is 6. The van der Waals surface area contributed by atoms with Crippen LogP contribution in [0.2, 0.25) is 0 Å². The number of para-hydroxylation sites is 1. The molecule has 0 saturated carbocycles. The molecule has 1 aliphatic heterocycles. The summed E-state index contributed by atoms with van der Waals surface area (Å²) >= 11 is 0. The summed E-state index contributed by atoms with van der Waals surface area (Å²) in [6.45, 7) is 1.45. The summed E-state index contributed by atoms with van der Waals surface area (Å²) in [5, 5.41) is 8.24. The van der Waals surface area contributed by atoms with E-state index in [0.29, 0.717) is 36.4 Å². The molecule has 1 amide bonds. The highest BCUT2D eigenvalue weighted by atomic mass is 16.5. The van der Waals surface area contributed by atoms with Crippen molar-refractivity contribution in [2.45, 2.75) is 25.5 Å². The van der Waals surface area contributed by atoms with Crippen molar-refractivity contribution < 1.29 is 9.53 Å². The smallest absolute Gasteiger partial charge is 0.261 e. The van der Waals surface area contributed by atoms with E-state index < -0.39 is 0 Å². The average molecular weight is 365 g/mol. The first-order valence-corrected chi connectivity index (χ1v) is 8.87. The summed E-state index contributed by atoms with van der Waals surface area (Å²) in [6, 6.07) is 10.7. The van der Waals surface area contributed by atoms with E-state index in [1.165, 1.54) is 10.9 Å². The monoisotopic (exact) mass is 365 g/mol. The zero-order chi connectivity index (χ0) is 18.6. The number of likely N-dealkylation sites (tertiary alicyclic amines) is 1. The van der Waals surface area contributed by atoms with Gasteiger partial charge in [-0.1, -0.05) is 12.1 Å². The lowest BCUT2D eigenvalue weighted by atomic mass is 10.2. The molecular weight excluding hydrogens is 346 g/mol. The van der Waals surface area contributed by atoms with E-state index in [4.69, 9.17) is 4.74 Å². The molecule has 0 bridgehead atoms. The van der Waals surface area contributed by atoms with Gasteiger partial charge in [-0.15, -0.1) is 5.10 Å². The molecule has 1 saturated heterocycles. The van der Waals surface area contributed by atoms with Crippen LogP contribution in [-0.2, 0) is 11.3 Å². The van der Waals surface area contributed by atoms with E-state index in [2.05, 4.69) is 15.2 Å². The van der Waals surface area contributed by atoms with Gasteiger partial charge in [0.1, 0.15) is 6.10 Å². The Morgan fingerprint density at radius 2 is 2.11 bits per heavy atom. The Morgan fingerprint density at radius 1 is 1.22 bits per heavy atom. The number of fused-ring (bicyclic) bond motifs is 1. The molecule has 8 nitrogen and oxygen atoms in total. The van der Waals surface area contributed by atoms with Gasteiger partial charge in [-0.3, -0.25) is 14.2 Å². The molecule has 3 aromatic rings. The van der Waals surface area contributed by atoms with E-state index in [1.807, 2.05) is 12.1 Å². The minimum Gasteiger partial charge on any atom is -0.471 e. The second-order valence-corrected chi connectivity index (χ2v) is 6.44. The normalized spacial score (nSPS) is 16.6. The Hall–Kier alpha value is -3.29. The molecule has 1 aliphatic rings. The van der Waals surface area contributed by atoms with Gasteiger partial charge in [-0.05, 0) is 18.2 Å². The van der Waals surface area contributed by atoms with Crippen LogP contribution in [0.1, 0.15) is 12.8 Å². The van der Waals surface area contributed by atoms with Crippen LogP contribution < -0.4 is 10.3 Å². The number of benzene rings is 1. The average Bonchev–Trinajstić information content (AvgIpc) is 3.17. The second kappa shape index (κ2) is 7.53. The number of aromatic nitrogens is 4. The molecule has 1 unspecified atom stereocenters. The van der Waals surface area contributed by atoms with Crippen LogP contribution in [0, 0.1) is 0 Å². The van der Waals surface area contributed by atoms with Gasteiger partial charge in [0.2, 0.25) is 11.8 Å². The summed E-state index contributed by atoms with van der Waals surface area (Å²) in [5.74, 6) is 0.464. The van der Waals surface area contributed by atoms with E-state index in [9.17, 15) is 9.59 Å². The molecular formula is C19H19N5O3. The minimum absolute atomic E-state index is 0.000282. The molecule has 138 valence electrons. The van der Waals surface area contributed by atoms with Gasteiger partial charge in [0.15, 0.2) is 0 Å². The van der Waals surface area contributed by atoms with E-state index in [1.54, 1.807) is 35.4 Å². The maximum Gasteiger partial charge on any atom is 0.261 e.